The van der Waals surface area contributed by atoms with Crippen LogP contribution in [0.3, 0.4) is 0 Å². The molecule has 2 aromatic heterocycles. The Kier molecular flexibility index (Phi) is 7.05. The molecule has 31 heavy (non-hydrogen) atoms. The first-order chi connectivity index (χ1) is 15.1. The van der Waals surface area contributed by atoms with Crippen LogP contribution in [0.5, 0.6) is 0 Å². The van der Waals surface area contributed by atoms with E-state index in [2.05, 4.69) is 65.1 Å². The molecule has 1 atom stereocenters. The molecule has 1 aromatic carbocycles. The van der Waals surface area contributed by atoms with Crippen LogP contribution in [0.1, 0.15) is 58.3 Å². The van der Waals surface area contributed by atoms with Crippen LogP contribution in [0.25, 0.3) is 0 Å². The van der Waals surface area contributed by atoms with Crippen LogP contribution >= 0.6 is 0 Å². The van der Waals surface area contributed by atoms with Crippen molar-refractivity contribution in [2.75, 3.05) is 20.3 Å². The molecule has 0 saturated carbocycles. The van der Waals surface area contributed by atoms with E-state index in [9.17, 15) is 0 Å². The fourth-order valence-electron chi connectivity index (χ4n) is 4.47. The fourth-order valence-corrected chi connectivity index (χ4v) is 4.47. The molecule has 1 aliphatic heterocycles. The van der Waals surface area contributed by atoms with Crippen molar-refractivity contribution >= 4 is 0 Å². The Bertz CT molecular complexity index is 1000. The number of aryl methyl sites for hydroxylation is 2. The highest BCUT2D eigenvalue weighted by atomic mass is 16.5. The minimum atomic E-state index is 0.351. The van der Waals surface area contributed by atoms with Crippen molar-refractivity contribution in [3.05, 3.63) is 88.3 Å². The molecule has 3 heterocycles. The lowest BCUT2D eigenvalue weighted by atomic mass is 10.0. The highest BCUT2D eigenvalue weighted by Crippen LogP contribution is 2.33. The molecule has 3 aromatic rings. The van der Waals surface area contributed by atoms with Gasteiger partial charge in [-0.1, -0.05) is 29.8 Å². The van der Waals surface area contributed by atoms with Crippen molar-refractivity contribution in [3.8, 4) is 0 Å². The molecule has 1 fully saturated rings. The summed E-state index contributed by atoms with van der Waals surface area (Å²) in [6, 6.07) is 13.6. The monoisotopic (exact) mass is 416 g/mol. The Morgan fingerprint density at radius 3 is 2.65 bits per heavy atom. The van der Waals surface area contributed by atoms with E-state index in [1.165, 1.54) is 28.8 Å². The molecule has 0 bridgehead atoms. The lowest BCUT2D eigenvalue weighted by Crippen LogP contribution is -2.24. The van der Waals surface area contributed by atoms with E-state index in [0.717, 1.165) is 49.4 Å². The summed E-state index contributed by atoms with van der Waals surface area (Å²) in [5.41, 5.74) is 7.44. The van der Waals surface area contributed by atoms with Gasteiger partial charge in [-0.05, 0) is 62.9 Å². The van der Waals surface area contributed by atoms with E-state index < -0.39 is 0 Å². The van der Waals surface area contributed by atoms with Gasteiger partial charge in [-0.2, -0.15) is 0 Å². The normalized spacial score (nSPS) is 16.7. The first-order valence-electron chi connectivity index (χ1n) is 11.2. The maximum atomic E-state index is 5.11. The summed E-state index contributed by atoms with van der Waals surface area (Å²) in [6.45, 7) is 6.85. The first kappa shape index (κ1) is 21.6. The Balaban J connectivity index is 1.48. The first-order valence-corrected chi connectivity index (χ1v) is 11.2. The summed E-state index contributed by atoms with van der Waals surface area (Å²) in [6.07, 6.45) is 7.95. The van der Waals surface area contributed by atoms with Crippen LogP contribution in [0, 0.1) is 13.8 Å². The maximum absolute atomic E-state index is 5.11. The van der Waals surface area contributed by atoms with Crippen LogP contribution in [0.4, 0.5) is 0 Å². The average Bonchev–Trinajstić information content (AvgIpc) is 3.21. The molecular formula is C26H32N4O. The zero-order chi connectivity index (χ0) is 21.6. The number of hydrogen-bond acceptors (Lipinski definition) is 5. The van der Waals surface area contributed by atoms with Crippen LogP contribution < -0.4 is 0 Å². The Morgan fingerprint density at radius 1 is 1.03 bits per heavy atom. The summed E-state index contributed by atoms with van der Waals surface area (Å²) in [5, 5.41) is 0. The van der Waals surface area contributed by atoms with Gasteiger partial charge < -0.3 is 4.74 Å². The van der Waals surface area contributed by atoms with E-state index in [1.54, 1.807) is 7.11 Å². The number of nitrogens with zero attached hydrogens (tertiary/aromatic N) is 4. The minimum absolute atomic E-state index is 0.351. The van der Waals surface area contributed by atoms with Gasteiger partial charge in [0.2, 0.25) is 0 Å². The van der Waals surface area contributed by atoms with E-state index in [0.29, 0.717) is 12.6 Å². The topological polar surface area (TPSA) is 51.1 Å². The molecule has 1 saturated heterocycles. The molecule has 162 valence electrons. The third kappa shape index (κ3) is 5.75. The van der Waals surface area contributed by atoms with Gasteiger partial charge in [0.05, 0.1) is 18.3 Å². The van der Waals surface area contributed by atoms with Crippen molar-refractivity contribution < 1.29 is 4.74 Å². The largest absolute Gasteiger partial charge is 0.384 e. The number of hydrogen-bond donors (Lipinski definition) is 0. The van der Waals surface area contributed by atoms with Crippen molar-refractivity contribution in [3.63, 3.8) is 0 Å². The van der Waals surface area contributed by atoms with Gasteiger partial charge in [0.15, 0.2) is 0 Å². The molecular weight excluding hydrogens is 384 g/mol. The van der Waals surface area contributed by atoms with Crippen LogP contribution in [-0.2, 0) is 24.1 Å². The van der Waals surface area contributed by atoms with Crippen LogP contribution in [-0.4, -0.2) is 40.1 Å². The molecule has 0 unspecified atom stereocenters. The summed E-state index contributed by atoms with van der Waals surface area (Å²) < 4.78 is 5.11. The molecule has 0 aliphatic carbocycles. The zero-order valence-electron chi connectivity index (χ0n) is 18.8. The van der Waals surface area contributed by atoms with Crippen molar-refractivity contribution in [2.45, 2.75) is 52.1 Å². The Hall–Kier alpha value is -2.63. The van der Waals surface area contributed by atoms with Gasteiger partial charge >= 0.3 is 0 Å². The molecule has 0 amide bonds. The number of rotatable bonds is 8. The van der Waals surface area contributed by atoms with E-state index in [1.807, 2.05) is 12.4 Å². The number of methoxy groups -OCH3 is 1. The number of pyridine rings is 1. The minimum Gasteiger partial charge on any atom is -0.384 e. The van der Waals surface area contributed by atoms with E-state index in [4.69, 9.17) is 9.72 Å². The van der Waals surface area contributed by atoms with Gasteiger partial charge in [-0.15, -0.1) is 0 Å². The second-order valence-corrected chi connectivity index (χ2v) is 8.59. The third-order valence-electron chi connectivity index (χ3n) is 5.90. The second kappa shape index (κ2) is 10.1. The molecule has 5 heteroatoms. The maximum Gasteiger partial charge on any atom is 0.130 e. The van der Waals surface area contributed by atoms with E-state index in [-0.39, 0.29) is 0 Å². The third-order valence-corrected chi connectivity index (χ3v) is 5.90. The molecule has 0 radical (unpaired) electrons. The van der Waals surface area contributed by atoms with E-state index >= 15 is 0 Å². The predicted octanol–water partition coefficient (Wildman–Crippen LogP) is 4.61. The van der Waals surface area contributed by atoms with Crippen molar-refractivity contribution in [2.24, 2.45) is 0 Å². The number of aromatic nitrogens is 3. The molecule has 1 aliphatic rings. The molecule has 4 rings (SSSR count). The second-order valence-electron chi connectivity index (χ2n) is 8.59. The van der Waals surface area contributed by atoms with Gasteiger partial charge in [0, 0.05) is 43.7 Å². The standard InChI is InChI=1S/C26H32N4O/c1-19-6-4-7-21(12-19)14-22-13-20(2)29-24(15-22)25-8-5-10-30(25)18-23-16-27-26(28-17-23)9-11-31-3/h4,6-7,12-13,15-17,25H,5,8-11,14,18H2,1-3H3/t25-/m1/s1. The van der Waals surface area contributed by atoms with Crippen molar-refractivity contribution in [1.29, 1.82) is 0 Å². The summed E-state index contributed by atoms with van der Waals surface area (Å²) in [5.74, 6) is 0.838. The quantitative estimate of drug-likeness (QED) is 0.537. The number of ether oxygens (including phenoxy) is 1. The summed E-state index contributed by atoms with van der Waals surface area (Å²) >= 11 is 0. The average molecular weight is 417 g/mol. The van der Waals surface area contributed by atoms with Crippen LogP contribution in [0.2, 0.25) is 0 Å². The SMILES string of the molecule is COCCc1ncc(CN2CCC[C@@H]2c2cc(Cc3cccc(C)c3)cc(C)n2)cn1. The zero-order valence-corrected chi connectivity index (χ0v) is 18.8. The van der Waals surface area contributed by atoms with Crippen LogP contribution in [0.15, 0.2) is 48.8 Å². The smallest absolute Gasteiger partial charge is 0.130 e. The Labute approximate surface area is 185 Å². The van der Waals surface area contributed by atoms with Gasteiger partial charge in [-0.25, -0.2) is 9.97 Å². The van der Waals surface area contributed by atoms with Gasteiger partial charge in [0.25, 0.3) is 0 Å². The van der Waals surface area contributed by atoms with Crippen molar-refractivity contribution in [1.82, 2.24) is 19.9 Å². The fraction of sp³-hybridized carbons (Fsp3) is 0.423. The molecule has 5 nitrogen and oxygen atoms in total. The summed E-state index contributed by atoms with van der Waals surface area (Å²) in [4.78, 5) is 16.5. The van der Waals surface area contributed by atoms with Gasteiger partial charge in [-0.3, -0.25) is 9.88 Å². The highest BCUT2D eigenvalue weighted by molar-refractivity contribution is 5.31. The Morgan fingerprint density at radius 2 is 1.87 bits per heavy atom. The van der Waals surface area contributed by atoms with Gasteiger partial charge in [0.1, 0.15) is 5.82 Å². The number of likely N-dealkylation sites (tertiary alicyclic amines) is 1. The lowest BCUT2D eigenvalue weighted by Gasteiger charge is -2.24. The predicted molar refractivity (Wildman–Crippen MR) is 123 cm³/mol. The molecule has 0 spiro atoms. The molecule has 0 N–H and O–H groups in total. The lowest BCUT2D eigenvalue weighted by molar-refractivity contribution is 0.200. The number of benzene rings is 1. The highest BCUT2D eigenvalue weighted by Gasteiger charge is 2.27. The summed E-state index contributed by atoms with van der Waals surface area (Å²) in [7, 11) is 1.70.